The molecule has 9 N–H and O–H groups in total. The molecular formula is C15H32N6O2. The van der Waals surface area contributed by atoms with Gasteiger partial charge in [-0.25, -0.2) is 0 Å². The summed E-state index contributed by atoms with van der Waals surface area (Å²) in [4.78, 5) is 24.3. The van der Waals surface area contributed by atoms with Crippen molar-refractivity contribution in [3.8, 4) is 0 Å². The number of hydrogen-bond acceptors (Lipinski definition) is 6. The molecule has 1 rings (SSSR count). The van der Waals surface area contributed by atoms with E-state index in [1.165, 1.54) is 0 Å². The van der Waals surface area contributed by atoms with Crippen molar-refractivity contribution in [1.29, 1.82) is 0 Å². The first-order chi connectivity index (χ1) is 11.1. The molecule has 0 heterocycles. The summed E-state index contributed by atoms with van der Waals surface area (Å²) in [5, 5.41) is 8.89. The first-order valence-corrected chi connectivity index (χ1v) is 8.53. The quantitative estimate of drug-likeness (QED) is 0.215. The van der Waals surface area contributed by atoms with Gasteiger partial charge in [0.1, 0.15) is 0 Å². The minimum absolute atomic E-state index is 0.124. The number of nitrogens with two attached hydrogens (primary N) is 3. The molecule has 1 fully saturated rings. The van der Waals surface area contributed by atoms with Crippen LogP contribution < -0.4 is 33.2 Å². The minimum atomic E-state index is -0.532. The van der Waals surface area contributed by atoms with Crippen LogP contribution in [-0.2, 0) is 9.59 Å². The van der Waals surface area contributed by atoms with Crippen LogP contribution in [0.5, 0.6) is 0 Å². The van der Waals surface area contributed by atoms with Crippen molar-refractivity contribution in [2.75, 3.05) is 32.7 Å². The third kappa shape index (κ3) is 8.26. The number of hydrogen-bond donors (Lipinski definition) is 6. The van der Waals surface area contributed by atoms with Gasteiger partial charge in [0.25, 0.3) is 0 Å². The predicted octanol–water partition coefficient (Wildman–Crippen LogP) is -2.00. The Morgan fingerprint density at radius 3 is 2.39 bits per heavy atom. The van der Waals surface area contributed by atoms with Gasteiger partial charge in [0.05, 0.1) is 12.5 Å². The van der Waals surface area contributed by atoms with E-state index in [0.29, 0.717) is 38.6 Å². The van der Waals surface area contributed by atoms with Gasteiger partial charge >= 0.3 is 0 Å². The average Bonchev–Trinajstić information content (AvgIpc) is 3.29. The Hall–Kier alpha value is -1.22. The highest BCUT2D eigenvalue weighted by Crippen LogP contribution is 2.28. The van der Waals surface area contributed by atoms with Gasteiger partial charge in [0.15, 0.2) is 0 Å². The molecule has 134 valence electrons. The zero-order valence-electron chi connectivity index (χ0n) is 13.9. The van der Waals surface area contributed by atoms with Crippen molar-refractivity contribution in [2.24, 2.45) is 23.1 Å². The molecule has 2 amide bonds. The molecule has 8 heteroatoms. The number of nitrogens with one attached hydrogen (secondary N) is 3. The molecule has 23 heavy (non-hydrogen) atoms. The zero-order valence-corrected chi connectivity index (χ0v) is 13.9. The molecule has 0 aromatic heterocycles. The van der Waals surface area contributed by atoms with Crippen LogP contribution >= 0.6 is 0 Å². The molecule has 1 aliphatic rings. The Labute approximate surface area is 138 Å². The summed E-state index contributed by atoms with van der Waals surface area (Å²) in [6.45, 7) is 2.94. The second kappa shape index (κ2) is 11.3. The lowest BCUT2D eigenvalue weighted by Crippen LogP contribution is -2.48. The van der Waals surface area contributed by atoms with Crippen LogP contribution in [0.4, 0.5) is 0 Å². The van der Waals surface area contributed by atoms with Crippen LogP contribution in [0.25, 0.3) is 0 Å². The van der Waals surface area contributed by atoms with E-state index in [2.05, 4.69) is 16.0 Å². The van der Waals surface area contributed by atoms with Gasteiger partial charge in [0.2, 0.25) is 11.8 Å². The van der Waals surface area contributed by atoms with Gasteiger partial charge in [-0.2, -0.15) is 0 Å². The van der Waals surface area contributed by atoms with Crippen LogP contribution in [0.3, 0.4) is 0 Å². The summed E-state index contributed by atoms with van der Waals surface area (Å²) >= 11 is 0. The molecule has 3 unspecified atom stereocenters. The number of rotatable bonds is 13. The molecule has 3 atom stereocenters. The Kier molecular flexibility index (Phi) is 9.77. The Balaban J connectivity index is 2.37. The van der Waals surface area contributed by atoms with Crippen molar-refractivity contribution in [3.05, 3.63) is 0 Å². The Morgan fingerprint density at radius 2 is 1.78 bits per heavy atom. The molecule has 0 aromatic carbocycles. The van der Waals surface area contributed by atoms with E-state index >= 15 is 0 Å². The fourth-order valence-electron chi connectivity index (χ4n) is 2.36. The van der Waals surface area contributed by atoms with Gasteiger partial charge < -0.3 is 33.2 Å². The molecule has 1 aliphatic carbocycles. The monoisotopic (exact) mass is 328 g/mol. The highest BCUT2D eigenvalue weighted by Gasteiger charge is 2.38. The summed E-state index contributed by atoms with van der Waals surface area (Å²) in [6.07, 6.45) is 3.53. The molecule has 8 nitrogen and oxygen atoms in total. The van der Waals surface area contributed by atoms with Crippen molar-refractivity contribution in [1.82, 2.24) is 16.0 Å². The normalized spacial score (nSPS) is 20.8. The summed E-state index contributed by atoms with van der Waals surface area (Å²) < 4.78 is 0. The minimum Gasteiger partial charge on any atom is -0.356 e. The molecule has 1 saturated carbocycles. The molecule has 0 bridgehead atoms. The number of carbonyl (C=O) groups is 2. The zero-order chi connectivity index (χ0) is 17.1. The van der Waals surface area contributed by atoms with E-state index in [-0.39, 0.29) is 24.3 Å². The molecule has 0 spiro atoms. The number of amides is 2. The van der Waals surface area contributed by atoms with Crippen molar-refractivity contribution < 1.29 is 9.59 Å². The van der Waals surface area contributed by atoms with Gasteiger partial charge in [-0.3, -0.25) is 9.59 Å². The third-order valence-electron chi connectivity index (χ3n) is 3.98. The largest absolute Gasteiger partial charge is 0.356 e. The molecule has 0 aliphatic heterocycles. The van der Waals surface area contributed by atoms with E-state index in [0.717, 1.165) is 25.7 Å². The van der Waals surface area contributed by atoms with Crippen molar-refractivity contribution in [3.63, 3.8) is 0 Å². The summed E-state index contributed by atoms with van der Waals surface area (Å²) in [6, 6.07) is -0.381. The molecular weight excluding hydrogens is 296 g/mol. The molecule has 0 aromatic rings. The number of carbonyl (C=O) groups excluding carboxylic acids is 2. The predicted molar refractivity (Wildman–Crippen MR) is 90.5 cm³/mol. The Bertz CT molecular complexity index is 366. The standard InChI is InChI=1S/C15H32N6O2/c16-4-1-2-6-20-14(22)9-13(19-7-3-5-17)15(23)21-12-8-11(12)10-18/h11-13,19H,1-10,16-18H2,(H,20,22)(H,21,23). The van der Waals surface area contributed by atoms with Crippen LogP contribution in [0, 0.1) is 5.92 Å². The van der Waals surface area contributed by atoms with Crippen LogP contribution in [0.1, 0.15) is 32.1 Å². The lowest BCUT2D eigenvalue weighted by molar-refractivity contribution is -0.128. The first-order valence-electron chi connectivity index (χ1n) is 8.53. The topological polar surface area (TPSA) is 148 Å². The fourth-order valence-corrected chi connectivity index (χ4v) is 2.36. The second-order valence-corrected chi connectivity index (χ2v) is 6.05. The second-order valence-electron chi connectivity index (χ2n) is 6.05. The smallest absolute Gasteiger partial charge is 0.237 e. The maximum absolute atomic E-state index is 12.3. The summed E-state index contributed by atoms with van der Waals surface area (Å²) in [7, 11) is 0. The lowest BCUT2D eigenvalue weighted by atomic mass is 10.1. The SMILES string of the molecule is NCCCCNC(=O)CC(NCCCN)C(=O)NC1CC1CN. The van der Waals surface area contributed by atoms with Crippen molar-refractivity contribution >= 4 is 11.8 Å². The van der Waals surface area contributed by atoms with E-state index in [9.17, 15) is 9.59 Å². The lowest BCUT2D eigenvalue weighted by Gasteiger charge is -2.18. The van der Waals surface area contributed by atoms with Crippen molar-refractivity contribution in [2.45, 2.75) is 44.2 Å². The highest BCUT2D eigenvalue weighted by atomic mass is 16.2. The molecule has 0 radical (unpaired) electrons. The molecule has 0 saturated heterocycles. The van der Waals surface area contributed by atoms with E-state index in [4.69, 9.17) is 17.2 Å². The highest BCUT2D eigenvalue weighted by molar-refractivity contribution is 5.88. The first kappa shape index (κ1) is 19.8. The van der Waals surface area contributed by atoms with Crippen LogP contribution in [0.15, 0.2) is 0 Å². The fraction of sp³-hybridized carbons (Fsp3) is 0.867. The maximum atomic E-state index is 12.3. The maximum Gasteiger partial charge on any atom is 0.237 e. The number of unbranched alkanes of at least 4 members (excludes halogenated alkanes) is 1. The van der Waals surface area contributed by atoms with E-state index in [1.54, 1.807) is 0 Å². The van der Waals surface area contributed by atoms with Crippen LogP contribution in [0.2, 0.25) is 0 Å². The van der Waals surface area contributed by atoms with Gasteiger partial charge in [0, 0.05) is 12.6 Å². The summed E-state index contributed by atoms with van der Waals surface area (Å²) in [5.41, 5.74) is 16.5. The van der Waals surface area contributed by atoms with Crippen LogP contribution in [-0.4, -0.2) is 56.6 Å². The van der Waals surface area contributed by atoms with E-state index in [1.807, 2.05) is 0 Å². The van der Waals surface area contributed by atoms with Gasteiger partial charge in [-0.1, -0.05) is 0 Å². The van der Waals surface area contributed by atoms with E-state index < -0.39 is 6.04 Å². The van der Waals surface area contributed by atoms with Gasteiger partial charge in [-0.15, -0.1) is 0 Å². The average molecular weight is 328 g/mol. The third-order valence-corrected chi connectivity index (χ3v) is 3.98. The Morgan fingerprint density at radius 1 is 1.04 bits per heavy atom. The van der Waals surface area contributed by atoms with Gasteiger partial charge in [-0.05, 0) is 57.8 Å². The summed E-state index contributed by atoms with van der Waals surface area (Å²) in [5.74, 6) is 0.0994.